The van der Waals surface area contributed by atoms with Crippen LogP contribution in [0.1, 0.15) is 29.1 Å². The number of nitrogens with zero attached hydrogens (tertiary/aromatic N) is 1. The van der Waals surface area contributed by atoms with E-state index in [2.05, 4.69) is 10.3 Å². The molecule has 0 saturated carbocycles. The van der Waals surface area contributed by atoms with Crippen LogP contribution in [0.4, 0.5) is 5.69 Å². The topological polar surface area (TPSA) is 77.2 Å². The van der Waals surface area contributed by atoms with Gasteiger partial charge in [0.2, 0.25) is 0 Å². The molecule has 2 aromatic heterocycles. The Labute approximate surface area is 122 Å². The Morgan fingerprint density at radius 3 is 2.95 bits per heavy atom. The fourth-order valence-electron chi connectivity index (χ4n) is 1.91. The summed E-state index contributed by atoms with van der Waals surface area (Å²) in [5, 5.41) is 3.69. The number of rotatable bonds is 5. The lowest BCUT2D eigenvalue weighted by Gasteiger charge is -2.08. The number of carbonyl (C=O) groups is 1. The Morgan fingerprint density at radius 2 is 2.30 bits per heavy atom. The predicted octanol–water partition coefficient (Wildman–Crippen LogP) is 2.34. The van der Waals surface area contributed by atoms with E-state index in [1.807, 2.05) is 26.8 Å². The molecule has 0 fully saturated rings. The highest BCUT2D eigenvalue weighted by Crippen LogP contribution is 2.34. The fourth-order valence-corrected chi connectivity index (χ4v) is 2.97. The number of pyridine rings is 1. The second-order valence-electron chi connectivity index (χ2n) is 4.83. The molecule has 3 N–H and O–H groups in total. The third kappa shape index (κ3) is 3.08. The number of carbonyl (C=O) groups excluding carboxylic acids is 1. The van der Waals surface area contributed by atoms with Crippen LogP contribution in [0.25, 0.3) is 10.2 Å². The van der Waals surface area contributed by atoms with Gasteiger partial charge < -0.3 is 15.8 Å². The molecule has 0 radical (unpaired) electrons. The van der Waals surface area contributed by atoms with Crippen molar-refractivity contribution in [3.05, 3.63) is 22.7 Å². The van der Waals surface area contributed by atoms with Gasteiger partial charge in [-0.15, -0.1) is 11.3 Å². The lowest BCUT2D eigenvalue weighted by Crippen LogP contribution is -2.27. The van der Waals surface area contributed by atoms with Crippen LogP contribution in [0, 0.1) is 6.92 Å². The molecule has 0 atom stereocenters. The average Bonchev–Trinajstić information content (AvgIpc) is 2.73. The number of aromatic nitrogens is 1. The highest BCUT2D eigenvalue weighted by Gasteiger charge is 2.17. The minimum Gasteiger partial charge on any atom is -0.397 e. The van der Waals surface area contributed by atoms with Gasteiger partial charge in [0.1, 0.15) is 9.71 Å². The Balaban J connectivity index is 2.11. The first-order valence-corrected chi connectivity index (χ1v) is 7.35. The third-order valence-corrected chi connectivity index (χ3v) is 3.99. The SMILES string of the molecule is Cc1ccnc2sc(C(=O)NCCOC(C)C)c(N)c12. The Hall–Kier alpha value is -1.66. The van der Waals surface area contributed by atoms with Gasteiger partial charge in [0.15, 0.2) is 0 Å². The first kappa shape index (κ1) is 14.7. The first-order valence-electron chi connectivity index (χ1n) is 6.54. The zero-order chi connectivity index (χ0) is 14.7. The quantitative estimate of drug-likeness (QED) is 0.830. The molecule has 2 heterocycles. The van der Waals surface area contributed by atoms with E-state index in [1.165, 1.54) is 11.3 Å². The second-order valence-corrected chi connectivity index (χ2v) is 5.83. The van der Waals surface area contributed by atoms with Crippen LogP contribution in [0.5, 0.6) is 0 Å². The molecule has 2 rings (SSSR count). The number of thiophene rings is 1. The van der Waals surface area contributed by atoms with Crippen molar-refractivity contribution in [1.82, 2.24) is 10.3 Å². The van der Waals surface area contributed by atoms with Crippen LogP contribution >= 0.6 is 11.3 Å². The van der Waals surface area contributed by atoms with Crippen LogP contribution in [0.2, 0.25) is 0 Å². The minimum absolute atomic E-state index is 0.160. The first-order chi connectivity index (χ1) is 9.50. The molecular weight excluding hydrogens is 274 g/mol. The highest BCUT2D eigenvalue weighted by atomic mass is 32.1. The summed E-state index contributed by atoms with van der Waals surface area (Å²) < 4.78 is 5.38. The van der Waals surface area contributed by atoms with Crippen molar-refractivity contribution in [1.29, 1.82) is 0 Å². The molecule has 0 bridgehead atoms. The van der Waals surface area contributed by atoms with E-state index in [0.29, 0.717) is 23.7 Å². The lowest BCUT2D eigenvalue weighted by molar-refractivity contribution is 0.0748. The molecule has 1 amide bonds. The normalized spacial score (nSPS) is 11.2. The number of anilines is 1. The average molecular weight is 293 g/mol. The Kier molecular flexibility index (Phi) is 4.57. The Morgan fingerprint density at radius 1 is 1.55 bits per heavy atom. The number of nitrogens with two attached hydrogens (primary N) is 1. The molecule has 0 aliphatic heterocycles. The van der Waals surface area contributed by atoms with Gasteiger partial charge in [-0.3, -0.25) is 4.79 Å². The number of amides is 1. The maximum absolute atomic E-state index is 12.1. The van der Waals surface area contributed by atoms with E-state index in [4.69, 9.17) is 10.5 Å². The molecule has 0 aliphatic carbocycles. The van der Waals surface area contributed by atoms with Crippen LogP contribution < -0.4 is 11.1 Å². The summed E-state index contributed by atoms with van der Waals surface area (Å²) in [6.07, 6.45) is 1.89. The molecule has 6 heteroatoms. The van der Waals surface area contributed by atoms with Crippen molar-refractivity contribution >= 4 is 33.1 Å². The van der Waals surface area contributed by atoms with Crippen molar-refractivity contribution in [2.24, 2.45) is 0 Å². The molecule has 5 nitrogen and oxygen atoms in total. The van der Waals surface area contributed by atoms with Crippen molar-refractivity contribution in [2.45, 2.75) is 26.9 Å². The summed E-state index contributed by atoms with van der Waals surface area (Å²) in [6.45, 7) is 6.84. The number of nitrogen functional groups attached to an aromatic ring is 1. The molecule has 0 aliphatic rings. The van der Waals surface area contributed by atoms with Gasteiger partial charge in [0.25, 0.3) is 5.91 Å². The van der Waals surface area contributed by atoms with Crippen molar-refractivity contribution in [3.8, 4) is 0 Å². The van der Waals surface area contributed by atoms with E-state index in [-0.39, 0.29) is 12.0 Å². The number of fused-ring (bicyclic) bond motifs is 1. The van der Waals surface area contributed by atoms with Gasteiger partial charge in [0, 0.05) is 18.1 Å². The summed E-state index contributed by atoms with van der Waals surface area (Å²) in [5.74, 6) is -0.169. The molecule has 0 aromatic carbocycles. The van der Waals surface area contributed by atoms with Gasteiger partial charge in [-0.25, -0.2) is 4.98 Å². The van der Waals surface area contributed by atoms with E-state index in [1.54, 1.807) is 6.20 Å². The number of hydrogen-bond acceptors (Lipinski definition) is 5. The number of ether oxygens (including phenoxy) is 1. The van der Waals surface area contributed by atoms with Gasteiger partial charge in [-0.1, -0.05) is 0 Å². The summed E-state index contributed by atoms with van der Waals surface area (Å²) in [4.78, 5) is 17.7. The molecule has 20 heavy (non-hydrogen) atoms. The van der Waals surface area contributed by atoms with Crippen molar-refractivity contribution < 1.29 is 9.53 Å². The minimum atomic E-state index is -0.169. The molecular formula is C14H19N3O2S. The van der Waals surface area contributed by atoms with Crippen LogP contribution in [-0.4, -0.2) is 30.1 Å². The lowest BCUT2D eigenvalue weighted by atomic mass is 10.2. The summed E-state index contributed by atoms with van der Waals surface area (Å²) in [6, 6.07) is 1.89. The van der Waals surface area contributed by atoms with Crippen LogP contribution in [-0.2, 0) is 4.74 Å². The van der Waals surface area contributed by atoms with Crippen molar-refractivity contribution in [3.63, 3.8) is 0 Å². The standard InChI is InChI=1S/C14H19N3O2S/c1-8(2)19-7-6-16-13(18)12-11(15)10-9(3)4-5-17-14(10)20-12/h4-5,8H,6-7,15H2,1-3H3,(H,16,18). The monoisotopic (exact) mass is 293 g/mol. The third-order valence-electron chi connectivity index (χ3n) is 2.88. The highest BCUT2D eigenvalue weighted by molar-refractivity contribution is 7.21. The van der Waals surface area contributed by atoms with Crippen molar-refractivity contribution in [2.75, 3.05) is 18.9 Å². The fraction of sp³-hybridized carbons (Fsp3) is 0.429. The molecule has 0 spiro atoms. The molecule has 0 saturated heterocycles. The predicted molar refractivity (Wildman–Crippen MR) is 82.2 cm³/mol. The van der Waals surface area contributed by atoms with Gasteiger partial charge in [-0.2, -0.15) is 0 Å². The Bertz CT molecular complexity index is 622. The zero-order valence-corrected chi connectivity index (χ0v) is 12.7. The second kappa shape index (κ2) is 6.19. The maximum Gasteiger partial charge on any atom is 0.263 e. The molecule has 108 valence electrons. The van der Waals surface area contributed by atoms with Gasteiger partial charge >= 0.3 is 0 Å². The van der Waals surface area contributed by atoms with Gasteiger partial charge in [-0.05, 0) is 32.4 Å². The van der Waals surface area contributed by atoms with E-state index < -0.39 is 0 Å². The summed E-state index contributed by atoms with van der Waals surface area (Å²) in [7, 11) is 0. The van der Waals surface area contributed by atoms with Crippen LogP contribution in [0.3, 0.4) is 0 Å². The number of hydrogen-bond donors (Lipinski definition) is 2. The van der Waals surface area contributed by atoms with Crippen LogP contribution in [0.15, 0.2) is 12.3 Å². The van der Waals surface area contributed by atoms with E-state index in [9.17, 15) is 4.79 Å². The summed E-state index contributed by atoms with van der Waals surface area (Å²) >= 11 is 1.32. The largest absolute Gasteiger partial charge is 0.397 e. The molecule has 2 aromatic rings. The zero-order valence-electron chi connectivity index (χ0n) is 11.9. The maximum atomic E-state index is 12.1. The van der Waals surface area contributed by atoms with Gasteiger partial charge in [0.05, 0.1) is 18.4 Å². The number of nitrogens with one attached hydrogen (secondary N) is 1. The van der Waals surface area contributed by atoms with E-state index in [0.717, 1.165) is 15.8 Å². The molecule has 0 unspecified atom stereocenters. The van der Waals surface area contributed by atoms with E-state index >= 15 is 0 Å². The summed E-state index contributed by atoms with van der Waals surface area (Å²) in [5.41, 5.74) is 7.62. The smallest absolute Gasteiger partial charge is 0.263 e. The number of aryl methyl sites for hydroxylation is 1.